The van der Waals surface area contributed by atoms with E-state index in [-0.39, 0.29) is 30.1 Å². The quantitative estimate of drug-likeness (QED) is 0.678. The highest BCUT2D eigenvalue weighted by Gasteiger charge is 2.46. The van der Waals surface area contributed by atoms with Crippen LogP contribution in [-0.2, 0) is 4.79 Å². The van der Waals surface area contributed by atoms with E-state index in [0.29, 0.717) is 24.9 Å². The number of hydrogen-bond donors (Lipinski definition) is 3. The summed E-state index contributed by atoms with van der Waals surface area (Å²) in [7, 11) is 2.17. The predicted octanol–water partition coefficient (Wildman–Crippen LogP) is 0.890. The molecule has 4 fully saturated rings. The maximum atomic E-state index is 14.3. The first-order chi connectivity index (χ1) is 13.0. The van der Waals surface area contributed by atoms with E-state index in [1.807, 2.05) is 0 Å². The van der Waals surface area contributed by atoms with Gasteiger partial charge in [-0.25, -0.2) is 4.39 Å². The molecule has 1 aliphatic carbocycles. The number of nitrogens with zero attached hydrogens (tertiary/aromatic N) is 2. The largest absolute Gasteiger partial charge is 0.339 e. The van der Waals surface area contributed by atoms with E-state index in [4.69, 9.17) is 0 Å². The molecule has 1 saturated carbocycles. The van der Waals surface area contributed by atoms with Gasteiger partial charge in [-0.3, -0.25) is 15.0 Å². The molecular formula is C20H36FN5O. The second kappa shape index (κ2) is 8.31. The van der Waals surface area contributed by atoms with Crippen LogP contribution in [0.2, 0.25) is 0 Å². The number of halogens is 1. The zero-order chi connectivity index (χ0) is 19.0. The number of alkyl halides is 1. The van der Waals surface area contributed by atoms with Gasteiger partial charge in [-0.1, -0.05) is 6.92 Å². The minimum absolute atomic E-state index is 0.00176. The van der Waals surface area contributed by atoms with Gasteiger partial charge in [-0.05, 0) is 51.5 Å². The van der Waals surface area contributed by atoms with Gasteiger partial charge in [-0.15, -0.1) is 0 Å². The topological polar surface area (TPSA) is 59.6 Å². The van der Waals surface area contributed by atoms with Crippen molar-refractivity contribution >= 4 is 5.91 Å². The Morgan fingerprint density at radius 3 is 2.59 bits per heavy atom. The molecule has 4 rings (SSSR count). The number of likely N-dealkylation sites (N-methyl/N-ethyl adjacent to an activating group) is 1. The summed E-state index contributed by atoms with van der Waals surface area (Å²) in [5, 5.41) is 10.3. The Bertz CT molecular complexity index is 509. The summed E-state index contributed by atoms with van der Waals surface area (Å²) in [5.41, 5.74) is 0. The number of hydrogen-bond acceptors (Lipinski definition) is 5. The van der Waals surface area contributed by atoms with E-state index < -0.39 is 6.17 Å². The Hall–Kier alpha value is -0.760. The standard InChI is InChI=1S/C20H36FN5O/c1-13-6-7-15(21)14-12-16(22-19(13)14)20(27)24-17-4-3-5-18(23-17)26-10-8-25(2)9-11-26/h13-19,22-23H,3-12H2,1-2H3,(H,24,27). The first kappa shape index (κ1) is 19.6. The molecule has 6 nitrogen and oxygen atoms in total. The molecule has 4 aliphatic rings. The molecule has 7 heteroatoms. The normalized spacial score (nSPS) is 44.0. The van der Waals surface area contributed by atoms with Crippen molar-refractivity contribution in [2.45, 2.75) is 76.0 Å². The van der Waals surface area contributed by atoms with Crippen molar-refractivity contribution in [3.8, 4) is 0 Å². The number of rotatable bonds is 3. The van der Waals surface area contributed by atoms with Crippen LogP contribution in [0, 0.1) is 11.8 Å². The highest BCUT2D eigenvalue weighted by atomic mass is 19.1. The Balaban J connectivity index is 1.29. The molecule has 154 valence electrons. The molecular weight excluding hydrogens is 345 g/mol. The van der Waals surface area contributed by atoms with Gasteiger partial charge in [0.15, 0.2) is 0 Å². The van der Waals surface area contributed by atoms with Crippen LogP contribution in [0.1, 0.15) is 45.4 Å². The van der Waals surface area contributed by atoms with E-state index in [2.05, 4.69) is 39.7 Å². The van der Waals surface area contributed by atoms with Crippen LogP contribution in [0.5, 0.6) is 0 Å². The zero-order valence-electron chi connectivity index (χ0n) is 16.8. The van der Waals surface area contributed by atoms with Gasteiger partial charge in [0.05, 0.1) is 18.4 Å². The summed E-state index contributed by atoms with van der Waals surface area (Å²) in [6, 6.07) is -0.0912. The average molecular weight is 382 g/mol. The second-order valence-corrected chi connectivity index (χ2v) is 9.23. The van der Waals surface area contributed by atoms with Crippen molar-refractivity contribution < 1.29 is 9.18 Å². The summed E-state index contributed by atoms with van der Waals surface area (Å²) in [6.45, 7) is 6.55. The van der Waals surface area contributed by atoms with E-state index >= 15 is 0 Å². The summed E-state index contributed by atoms with van der Waals surface area (Å²) < 4.78 is 14.3. The lowest BCUT2D eigenvalue weighted by Gasteiger charge is -2.42. The van der Waals surface area contributed by atoms with Gasteiger partial charge in [0.2, 0.25) is 5.91 Å². The number of piperazine rings is 1. The van der Waals surface area contributed by atoms with Crippen molar-refractivity contribution in [1.29, 1.82) is 0 Å². The van der Waals surface area contributed by atoms with E-state index in [9.17, 15) is 9.18 Å². The van der Waals surface area contributed by atoms with Gasteiger partial charge >= 0.3 is 0 Å². The number of piperidine rings is 1. The van der Waals surface area contributed by atoms with Crippen molar-refractivity contribution in [1.82, 2.24) is 25.8 Å². The fourth-order valence-electron chi connectivity index (χ4n) is 5.52. The number of carbonyl (C=O) groups excluding carboxylic acids is 1. The van der Waals surface area contributed by atoms with Crippen LogP contribution >= 0.6 is 0 Å². The molecule has 0 aromatic heterocycles. The molecule has 0 spiro atoms. The van der Waals surface area contributed by atoms with Crippen LogP contribution in [-0.4, -0.2) is 79.5 Å². The van der Waals surface area contributed by atoms with Crippen molar-refractivity contribution in [3.05, 3.63) is 0 Å². The molecule has 0 bridgehead atoms. The van der Waals surface area contributed by atoms with Gasteiger partial charge in [-0.2, -0.15) is 0 Å². The molecule has 3 N–H and O–H groups in total. The van der Waals surface area contributed by atoms with E-state index in [0.717, 1.165) is 51.9 Å². The zero-order valence-corrected chi connectivity index (χ0v) is 16.8. The first-order valence-electron chi connectivity index (χ1n) is 10.9. The molecule has 0 radical (unpaired) electrons. The third kappa shape index (κ3) is 4.31. The number of fused-ring (bicyclic) bond motifs is 1. The molecule has 3 heterocycles. The second-order valence-electron chi connectivity index (χ2n) is 9.23. The number of amides is 1. The average Bonchev–Trinajstić information content (AvgIpc) is 3.13. The maximum absolute atomic E-state index is 14.3. The third-order valence-corrected chi connectivity index (χ3v) is 7.31. The third-order valence-electron chi connectivity index (χ3n) is 7.31. The lowest BCUT2D eigenvalue weighted by molar-refractivity contribution is -0.124. The lowest BCUT2D eigenvalue weighted by atomic mass is 9.77. The SMILES string of the molecule is CC1CCC(F)C2CC(C(=O)NC3CCCC(N4CCN(C)CC4)N3)NC12. The Morgan fingerprint density at radius 2 is 1.85 bits per heavy atom. The van der Waals surface area contributed by atoms with Gasteiger partial charge in [0, 0.05) is 38.1 Å². The molecule has 3 aliphatic heterocycles. The minimum Gasteiger partial charge on any atom is -0.339 e. The Morgan fingerprint density at radius 1 is 1.07 bits per heavy atom. The summed E-state index contributed by atoms with van der Waals surface area (Å²) in [6.07, 6.45) is 5.06. The van der Waals surface area contributed by atoms with Gasteiger partial charge < -0.3 is 15.5 Å². The van der Waals surface area contributed by atoms with Crippen LogP contribution in [0.15, 0.2) is 0 Å². The Kier molecular flexibility index (Phi) is 6.02. The van der Waals surface area contributed by atoms with Crippen molar-refractivity contribution in [2.24, 2.45) is 11.8 Å². The Labute approximate surface area is 162 Å². The highest BCUT2D eigenvalue weighted by Crippen LogP contribution is 2.38. The number of carbonyl (C=O) groups is 1. The molecule has 3 saturated heterocycles. The summed E-state index contributed by atoms with van der Waals surface area (Å²) in [4.78, 5) is 17.7. The van der Waals surface area contributed by atoms with Crippen LogP contribution < -0.4 is 16.0 Å². The molecule has 0 aromatic carbocycles. The maximum Gasteiger partial charge on any atom is 0.238 e. The molecule has 0 aromatic rings. The van der Waals surface area contributed by atoms with E-state index in [1.54, 1.807) is 0 Å². The summed E-state index contributed by atoms with van der Waals surface area (Å²) in [5.74, 6) is 0.497. The van der Waals surface area contributed by atoms with Gasteiger partial charge in [0.25, 0.3) is 0 Å². The fourth-order valence-corrected chi connectivity index (χ4v) is 5.52. The lowest BCUT2D eigenvalue weighted by Crippen LogP contribution is -2.62. The molecule has 27 heavy (non-hydrogen) atoms. The predicted molar refractivity (Wildman–Crippen MR) is 104 cm³/mol. The smallest absolute Gasteiger partial charge is 0.238 e. The van der Waals surface area contributed by atoms with E-state index in [1.165, 1.54) is 0 Å². The first-order valence-corrected chi connectivity index (χ1v) is 10.9. The van der Waals surface area contributed by atoms with Crippen molar-refractivity contribution in [2.75, 3.05) is 33.2 Å². The van der Waals surface area contributed by atoms with Crippen molar-refractivity contribution in [3.63, 3.8) is 0 Å². The minimum atomic E-state index is -0.758. The molecule has 1 amide bonds. The van der Waals surface area contributed by atoms with Crippen LogP contribution in [0.25, 0.3) is 0 Å². The fraction of sp³-hybridized carbons (Fsp3) is 0.950. The molecule has 7 atom stereocenters. The molecule has 7 unspecified atom stereocenters. The monoisotopic (exact) mass is 381 g/mol. The van der Waals surface area contributed by atoms with Gasteiger partial charge in [0.1, 0.15) is 6.17 Å². The van der Waals surface area contributed by atoms with Crippen LogP contribution in [0.3, 0.4) is 0 Å². The number of nitrogens with one attached hydrogen (secondary N) is 3. The van der Waals surface area contributed by atoms with Crippen LogP contribution in [0.4, 0.5) is 4.39 Å². The highest BCUT2D eigenvalue weighted by molar-refractivity contribution is 5.82. The summed E-state index contributed by atoms with van der Waals surface area (Å²) >= 11 is 0.